The quantitative estimate of drug-likeness (QED) is 0.361. The van der Waals surface area contributed by atoms with E-state index < -0.39 is 17.0 Å². The molecule has 0 aliphatic rings. The van der Waals surface area contributed by atoms with Gasteiger partial charge < -0.3 is 9.84 Å². The second kappa shape index (κ2) is 10.3. The number of terminal acetylenes is 1. The highest BCUT2D eigenvalue weighted by atomic mass is 35.5. The van der Waals surface area contributed by atoms with Crippen LogP contribution in [0.5, 0.6) is 5.75 Å². The van der Waals surface area contributed by atoms with Crippen molar-refractivity contribution < 1.29 is 14.2 Å². The lowest BCUT2D eigenvalue weighted by Crippen LogP contribution is -2.23. The topological polar surface area (TPSA) is 103 Å². The fraction of sp³-hybridized carbons (Fsp3) is 0.250. The van der Waals surface area contributed by atoms with Crippen molar-refractivity contribution in [3.63, 3.8) is 0 Å². The number of aliphatic hydroxyl groups is 1. The van der Waals surface area contributed by atoms with E-state index in [0.29, 0.717) is 33.9 Å². The van der Waals surface area contributed by atoms with Crippen molar-refractivity contribution in [3.05, 3.63) is 91.9 Å². The highest BCUT2D eigenvalue weighted by Gasteiger charge is 2.23. The molecule has 0 saturated carbocycles. The van der Waals surface area contributed by atoms with Crippen molar-refractivity contribution in [2.75, 3.05) is 0 Å². The molecular weight excluding hydrogens is 509 g/mol. The minimum absolute atomic E-state index is 0.102. The maximum absolute atomic E-state index is 14.2. The van der Waals surface area contributed by atoms with Gasteiger partial charge in [0.15, 0.2) is 5.82 Å². The number of aromatic nitrogens is 5. The SMILES string of the molecule is C#Cc1cc(-c2cc(-n3c(C)cc(OCc4ncc(C)cc4F)c(Cl)c3=O)c(C)cn2)nc(C(C)(C)O)n1. The van der Waals surface area contributed by atoms with Crippen molar-refractivity contribution in [3.8, 4) is 35.2 Å². The van der Waals surface area contributed by atoms with Gasteiger partial charge in [0.1, 0.15) is 40.2 Å². The van der Waals surface area contributed by atoms with Gasteiger partial charge in [0, 0.05) is 30.2 Å². The molecule has 0 atom stereocenters. The van der Waals surface area contributed by atoms with Crippen molar-refractivity contribution in [2.45, 2.75) is 46.8 Å². The van der Waals surface area contributed by atoms with Crippen LogP contribution in [-0.2, 0) is 12.2 Å². The first-order chi connectivity index (χ1) is 17.9. The molecule has 1 N–H and O–H groups in total. The van der Waals surface area contributed by atoms with E-state index in [1.165, 1.54) is 16.8 Å². The van der Waals surface area contributed by atoms with E-state index in [1.807, 2.05) is 0 Å². The lowest BCUT2D eigenvalue weighted by atomic mass is 10.1. The van der Waals surface area contributed by atoms with Crippen LogP contribution < -0.4 is 10.3 Å². The number of nitrogens with zero attached hydrogens (tertiary/aromatic N) is 5. The van der Waals surface area contributed by atoms with Crippen LogP contribution in [0.25, 0.3) is 17.1 Å². The van der Waals surface area contributed by atoms with Crippen molar-refractivity contribution >= 4 is 11.6 Å². The van der Waals surface area contributed by atoms with Crippen molar-refractivity contribution in [1.82, 2.24) is 24.5 Å². The molecule has 4 aromatic rings. The Labute approximate surface area is 224 Å². The maximum atomic E-state index is 14.2. The Bertz CT molecular complexity index is 1650. The minimum Gasteiger partial charge on any atom is -0.485 e. The minimum atomic E-state index is -1.33. The summed E-state index contributed by atoms with van der Waals surface area (Å²) in [5.41, 5.74) is 1.76. The first-order valence-electron chi connectivity index (χ1n) is 11.6. The fourth-order valence-electron chi connectivity index (χ4n) is 3.72. The van der Waals surface area contributed by atoms with Crippen LogP contribution in [0.1, 0.15) is 47.9 Å². The molecule has 0 amide bonds. The molecular formula is C28H25ClFN5O3. The van der Waals surface area contributed by atoms with Crippen LogP contribution in [0.15, 0.2) is 41.5 Å². The van der Waals surface area contributed by atoms with E-state index in [4.69, 9.17) is 22.8 Å². The van der Waals surface area contributed by atoms with Gasteiger partial charge in [-0.05, 0) is 57.9 Å². The zero-order valence-corrected chi connectivity index (χ0v) is 22.3. The monoisotopic (exact) mass is 533 g/mol. The van der Waals surface area contributed by atoms with Gasteiger partial charge in [-0.25, -0.2) is 14.4 Å². The second-order valence-electron chi connectivity index (χ2n) is 9.36. The summed E-state index contributed by atoms with van der Waals surface area (Å²) in [6.07, 6.45) is 8.69. The lowest BCUT2D eigenvalue weighted by Gasteiger charge is -2.18. The van der Waals surface area contributed by atoms with Gasteiger partial charge in [-0.15, -0.1) is 6.42 Å². The highest BCUT2D eigenvalue weighted by Crippen LogP contribution is 2.28. The second-order valence-corrected chi connectivity index (χ2v) is 9.73. The van der Waals surface area contributed by atoms with Crippen molar-refractivity contribution in [2.24, 2.45) is 0 Å². The lowest BCUT2D eigenvalue weighted by molar-refractivity contribution is 0.0687. The largest absolute Gasteiger partial charge is 0.485 e. The molecule has 0 unspecified atom stereocenters. The molecule has 0 saturated heterocycles. The van der Waals surface area contributed by atoms with Crippen LogP contribution >= 0.6 is 11.6 Å². The Balaban J connectivity index is 1.76. The molecule has 0 aromatic carbocycles. The van der Waals surface area contributed by atoms with E-state index in [2.05, 4.69) is 25.9 Å². The third-order valence-electron chi connectivity index (χ3n) is 5.72. The number of halogens is 2. The van der Waals surface area contributed by atoms with Gasteiger partial charge >= 0.3 is 0 Å². The van der Waals surface area contributed by atoms with Gasteiger partial charge in [-0.1, -0.05) is 17.5 Å². The van der Waals surface area contributed by atoms with Crippen LogP contribution in [0, 0.1) is 38.9 Å². The zero-order valence-electron chi connectivity index (χ0n) is 21.5. The highest BCUT2D eigenvalue weighted by molar-refractivity contribution is 6.31. The molecule has 0 radical (unpaired) electrons. The summed E-state index contributed by atoms with van der Waals surface area (Å²) in [7, 11) is 0. The number of rotatable bonds is 6. The Morgan fingerprint density at radius 1 is 1.11 bits per heavy atom. The molecule has 194 valence electrons. The number of ether oxygens (including phenoxy) is 1. The summed E-state index contributed by atoms with van der Waals surface area (Å²) in [6, 6.07) is 6.22. The van der Waals surface area contributed by atoms with Crippen LogP contribution in [0.3, 0.4) is 0 Å². The molecule has 4 rings (SSSR count). The van der Waals surface area contributed by atoms with E-state index in [1.54, 1.807) is 59.0 Å². The average Bonchev–Trinajstić information content (AvgIpc) is 2.86. The first kappa shape index (κ1) is 26.9. The Morgan fingerprint density at radius 3 is 2.50 bits per heavy atom. The Hall–Kier alpha value is -4.13. The number of hydrogen-bond donors (Lipinski definition) is 1. The molecule has 0 aliphatic heterocycles. The predicted octanol–water partition coefficient (Wildman–Crippen LogP) is 4.59. The molecule has 4 heterocycles. The summed E-state index contributed by atoms with van der Waals surface area (Å²) in [6.45, 7) is 8.18. The predicted molar refractivity (Wildman–Crippen MR) is 142 cm³/mol. The summed E-state index contributed by atoms with van der Waals surface area (Å²) in [5.74, 6) is 2.22. The summed E-state index contributed by atoms with van der Waals surface area (Å²) in [5, 5.41) is 10.3. The molecule has 0 spiro atoms. The first-order valence-corrected chi connectivity index (χ1v) is 12.0. The molecule has 10 heteroatoms. The van der Waals surface area contributed by atoms with Crippen LogP contribution in [-0.4, -0.2) is 29.6 Å². The van der Waals surface area contributed by atoms with Gasteiger partial charge in [-0.2, -0.15) is 0 Å². The fourth-order valence-corrected chi connectivity index (χ4v) is 3.91. The van der Waals surface area contributed by atoms with E-state index in [-0.39, 0.29) is 34.6 Å². The van der Waals surface area contributed by atoms with Gasteiger partial charge in [0.25, 0.3) is 5.56 Å². The summed E-state index contributed by atoms with van der Waals surface area (Å²) >= 11 is 6.41. The Kier molecular flexibility index (Phi) is 7.31. The molecule has 0 fully saturated rings. The van der Waals surface area contributed by atoms with Gasteiger partial charge in [-0.3, -0.25) is 19.3 Å². The van der Waals surface area contributed by atoms with Crippen molar-refractivity contribution in [1.29, 1.82) is 0 Å². The average molecular weight is 534 g/mol. The third-order valence-corrected chi connectivity index (χ3v) is 6.07. The standard InChI is InChI=1S/C28H25ClFN5O3/c1-7-18-10-21(34-27(33-18)28(5,6)37)20-11-23(16(3)13-32-20)35-17(4)9-24(25(29)26(35)36)38-14-22-19(30)8-15(2)12-31-22/h1,8-13,37H,14H2,2-6H3. The number of hydrogen-bond acceptors (Lipinski definition) is 7. The Morgan fingerprint density at radius 2 is 1.84 bits per heavy atom. The van der Waals surface area contributed by atoms with Gasteiger partial charge in [0.05, 0.1) is 17.1 Å². The smallest absolute Gasteiger partial charge is 0.277 e. The third kappa shape index (κ3) is 5.42. The number of aryl methyl sites for hydroxylation is 3. The van der Waals surface area contributed by atoms with Gasteiger partial charge in [0.2, 0.25) is 0 Å². The normalized spacial score (nSPS) is 11.3. The van der Waals surface area contributed by atoms with E-state index in [9.17, 15) is 14.3 Å². The summed E-state index contributed by atoms with van der Waals surface area (Å²) in [4.78, 5) is 30.5. The molecule has 4 aromatic heterocycles. The summed E-state index contributed by atoms with van der Waals surface area (Å²) < 4.78 is 21.3. The number of pyridine rings is 3. The van der Waals surface area contributed by atoms with E-state index >= 15 is 0 Å². The molecule has 38 heavy (non-hydrogen) atoms. The van der Waals surface area contributed by atoms with Crippen LogP contribution in [0.4, 0.5) is 4.39 Å². The molecule has 8 nitrogen and oxygen atoms in total. The molecule has 0 bridgehead atoms. The zero-order chi connectivity index (χ0) is 27.8. The van der Waals surface area contributed by atoms with Crippen LogP contribution in [0.2, 0.25) is 5.02 Å². The molecule has 0 aliphatic carbocycles. The van der Waals surface area contributed by atoms with E-state index in [0.717, 1.165) is 0 Å². The maximum Gasteiger partial charge on any atom is 0.277 e.